The monoisotopic (exact) mass is 247 g/mol. The topological polar surface area (TPSA) is 51.0 Å². The maximum atomic E-state index is 12.8. The lowest BCUT2D eigenvalue weighted by molar-refractivity contribution is 0.341. The molecule has 0 bridgehead atoms. The molecule has 1 aliphatic rings. The van der Waals surface area contributed by atoms with Gasteiger partial charge in [-0.05, 0) is 37.1 Å². The van der Waals surface area contributed by atoms with E-state index in [1.165, 1.54) is 12.1 Å². The lowest BCUT2D eigenvalue weighted by atomic mass is 10.1. The van der Waals surface area contributed by atoms with Crippen molar-refractivity contribution in [1.29, 1.82) is 0 Å². The van der Waals surface area contributed by atoms with Crippen molar-refractivity contribution < 1.29 is 8.91 Å². The number of hydrogen-bond acceptors (Lipinski definition) is 4. The minimum Gasteiger partial charge on any atom is -0.338 e. The van der Waals surface area contributed by atoms with Gasteiger partial charge in [0.25, 0.3) is 0 Å². The van der Waals surface area contributed by atoms with E-state index in [-0.39, 0.29) is 11.9 Å². The molecular weight excluding hydrogens is 233 g/mol. The van der Waals surface area contributed by atoms with Crippen molar-refractivity contribution in [2.75, 3.05) is 6.54 Å². The third kappa shape index (κ3) is 2.41. The van der Waals surface area contributed by atoms with Gasteiger partial charge in [-0.25, -0.2) is 4.39 Å². The summed E-state index contributed by atoms with van der Waals surface area (Å²) >= 11 is 0. The van der Waals surface area contributed by atoms with Crippen molar-refractivity contribution in [1.82, 2.24) is 15.5 Å². The van der Waals surface area contributed by atoms with E-state index in [1.807, 2.05) is 0 Å². The molecule has 0 radical (unpaired) electrons. The van der Waals surface area contributed by atoms with Gasteiger partial charge in [-0.3, -0.25) is 0 Å². The van der Waals surface area contributed by atoms with Crippen molar-refractivity contribution in [3.63, 3.8) is 0 Å². The van der Waals surface area contributed by atoms with Gasteiger partial charge in [-0.15, -0.1) is 0 Å². The molecule has 5 heteroatoms. The summed E-state index contributed by atoms with van der Waals surface area (Å²) in [6, 6.07) is 6.54. The van der Waals surface area contributed by atoms with Crippen molar-refractivity contribution in [3.05, 3.63) is 47.4 Å². The van der Waals surface area contributed by atoms with Crippen LogP contribution < -0.4 is 5.32 Å². The van der Waals surface area contributed by atoms with Gasteiger partial charge in [-0.1, -0.05) is 17.3 Å². The van der Waals surface area contributed by atoms with E-state index in [2.05, 4.69) is 15.5 Å². The molecule has 1 saturated heterocycles. The summed E-state index contributed by atoms with van der Waals surface area (Å²) in [6.45, 7) is 1.00. The van der Waals surface area contributed by atoms with Crippen LogP contribution in [0.5, 0.6) is 0 Å². The molecule has 2 aromatic rings. The quantitative estimate of drug-likeness (QED) is 0.903. The number of nitrogens with zero attached hydrogens (tertiary/aromatic N) is 2. The molecule has 2 heterocycles. The molecular formula is C13H14FN3O. The van der Waals surface area contributed by atoms with Crippen LogP contribution in [-0.4, -0.2) is 16.7 Å². The fourth-order valence-corrected chi connectivity index (χ4v) is 2.16. The van der Waals surface area contributed by atoms with Gasteiger partial charge < -0.3 is 9.84 Å². The van der Waals surface area contributed by atoms with Gasteiger partial charge in [0, 0.05) is 6.42 Å². The Bertz CT molecular complexity index is 517. The van der Waals surface area contributed by atoms with Crippen LogP contribution in [0.4, 0.5) is 4.39 Å². The summed E-state index contributed by atoms with van der Waals surface area (Å²) in [5.41, 5.74) is 0.975. The minimum atomic E-state index is -0.234. The Morgan fingerprint density at radius 1 is 1.33 bits per heavy atom. The predicted molar refractivity (Wildman–Crippen MR) is 63.5 cm³/mol. The zero-order valence-electron chi connectivity index (χ0n) is 9.90. The molecule has 0 amide bonds. The largest absolute Gasteiger partial charge is 0.338 e. The van der Waals surface area contributed by atoms with E-state index in [0.717, 1.165) is 24.9 Å². The first-order chi connectivity index (χ1) is 8.81. The Hall–Kier alpha value is -1.75. The highest BCUT2D eigenvalue weighted by molar-refractivity contribution is 5.19. The summed E-state index contributed by atoms with van der Waals surface area (Å²) in [4.78, 5) is 4.38. The molecule has 1 aromatic heterocycles. The summed E-state index contributed by atoms with van der Waals surface area (Å²) in [7, 11) is 0. The molecule has 1 aromatic carbocycles. The van der Waals surface area contributed by atoms with E-state index in [0.29, 0.717) is 18.1 Å². The van der Waals surface area contributed by atoms with Crippen molar-refractivity contribution in [2.45, 2.75) is 25.3 Å². The van der Waals surface area contributed by atoms with E-state index in [4.69, 9.17) is 4.52 Å². The Labute approximate surface area is 104 Å². The van der Waals surface area contributed by atoms with Gasteiger partial charge in [0.2, 0.25) is 5.89 Å². The molecule has 1 N–H and O–H groups in total. The summed E-state index contributed by atoms with van der Waals surface area (Å²) in [5, 5.41) is 7.27. The molecule has 1 atom stereocenters. The first-order valence-electron chi connectivity index (χ1n) is 6.11. The average Bonchev–Trinajstić information content (AvgIpc) is 3.02. The fraction of sp³-hybridized carbons (Fsp3) is 0.385. The Morgan fingerprint density at radius 2 is 2.17 bits per heavy atom. The molecule has 0 spiro atoms. The molecule has 0 unspecified atom stereocenters. The van der Waals surface area contributed by atoms with Crippen LogP contribution in [0.1, 0.15) is 36.2 Å². The van der Waals surface area contributed by atoms with Crippen LogP contribution in [-0.2, 0) is 6.42 Å². The zero-order valence-corrected chi connectivity index (χ0v) is 9.90. The highest BCUT2D eigenvalue weighted by Gasteiger charge is 2.22. The molecule has 18 heavy (non-hydrogen) atoms. The minimum absolute atomic E-state index is 0.194. The van der Waals surface area contributed by atoms with Gasteiger partial charge >= 0.3 is 0 Å². The second-order valence-electron chi connectivity index (χ2n) is 4.50. The second-order valence-corrected chi connectivity index (χ2v) is 4.50. The SMILES string of the molecule is Fc1ccc(Cc2noc([C@H]3CCCN3)n2)cc1. The predicted octanol–water partition coefficient (Wildman–Crippen LogP) is 2.22. The molecule has 94 valence electrons. The van der Waals surface area contributed by atoms with Crippen molar-refractivity contribution >= 4 is 0 Å². The standard InChI is InChI=1S/C13H14FN3O/c14-10-5-3-9(4-6-10)8-12-16-13(18-17-12)11-2-1-7-15-11/h3-6,11,15H,1-2,7-8H2/t11-/m1/s1. The fourth-order valence-electron chi connectivity index (χ4n) is 2.16. The number of rotatable bonds is 3. The maximum absolute atomic E-state index is 12.8. The molecule has 0 aliphatic carbocycles. The van der Waals surface area contributed by atoms with E-state index < -0.39 is 0 Å². The van der Waals surface area contributed by atoms with Gasteiger partial charge in [0.05, 0.1) is 6.04 Å². The number of nitrogens with one attached hydrogen (secondary N) is 1. The molecule has 4 nitrogen and oxygen atoms in total. The van der Waals surface area contributed by atoms with Crippen LogP contribution in [0.25, 0.3) is 0 Å². The molecule has 1 aliphatic heterocycles. The third-order valence-electron chi connectivity index (χ3n) is 3.12. The first kappa shape index (κ1) is 11.3. The Balaban J connectivity index is 1.71. The highest BCUT2D eigenvalue weighted by atomic mass is 19.1. The van der Waals surface area contributed by atoms with Gasteiger partial charge in [-0.2, -0.15) is 4.98 Å². The zero-order chi connectivity index (χ0) is 12.4. The van der Waals surface area contributed by atoms with Crippen LogP contribution in [0.3, 0.4) is 0 Å². The number of aromatic nitrogens is 2. The van der Waals surface area contributed by atoms with Gasteiger partial charge in [0.15, 0.2) is 5.82 Å². The normalized spacial score (nSPS) is 19.3. The third-order valence-corrected chi connectivity index (χ3v) is 3.12. The Morgan fingerprint density at radius 3 is 2.89 bits per heavy atom. The van der Waals surface area contributed by atoms with Crippen LogP contribution in [0, 0.1) is 5.82 Å². The smallest absolute Gasteiger partial charge is 0.243 e. The summed E-state index contributed by atoms with van der Waals surface area (Å²) in [6.07, 6.45) is 2.75. The summed E-state index contributed by atoms with van der Waals surface area (Å²) < 4.78 is 18.0. The van der Waals surface area contributed by atoms with Gasteiger partial charge in [0.1, 0.15) is 5.82 Å². The lowest BCUT2D eigenvalue weighted by Gasteiger charge is -2.01. The maximum Gasteiger partial charge on any atom is 0.243 e. The van der Waals surface area contributed by atoms with E-state index in [1.54, 1.807) is 12.1 Å². The number of hydrogen-bond donors (Lipinski definition) is 1. The molecule has 1 fully saturated rings. The highest BCUT2D eigenvalue weighted by Crippen LogP contribution is 2.21. The Kier molecular flexibility index (Phi) is 3.06. The number of benzene rings is 1. The lowest BCUT2D eigenvalue weighted by Crippen LogP contribution is -2.13. The van der Waals surface area contributed by atoms with Crippen LogP contribution in [0.2, 0.25) is 0 Å². The average molecular weight is 247 g/mol. The molecule has 0 saturated carbocycles. The van der Waals surface area contributed by atoms with E-state index in [9.17, 15) is 4.39 Å². The van der Waals surface area contributed by atoms with Crippen LogP contribution >= 0.6 is 0 Å². The molecule has 3 rings (SSSR count). The van der Waals surface area contributed by atoms with Crippen molar-refractivity contribution in [3.8, 4) is 0 Å². The number of halogens is 1. The van der Waals surface area contributed by atoms with Crippen molar-refractivity contribution in [2.24, 2.45) is 0 Å². The summed E-state index contributed by atoms with van der Waals surface area (Å²) in [5.74, 6) is 1.07. The first-order valence-corrected chi connectivity index (χ1v) is 6.11. The second kappa shape index (κ2) is 4.86. The van der Waals surface area contributed by atoms with E-state index >= 15 is 0 Å². The van der Waals surface area contributed by atoms with Crippen LogP contribution in [0.15, 0.2) is 28.8 Å².